The number of unbranched alkanes of at least 4 members (excludes halogenated alkanes) is 15. The molecule has 0 aromatic heterocycles. The van der Waals surface area contributed by atoms with Crippen LogP contribution >= 0.6 is 0 Å². The summed E-state index contributed by atoms with van der Waals surface area (Å²) in [6, 6.07) is 10.7. The molecular formula is C39H71N3O2. The van der Waals surface area contributed by atoms with E-state index in [-0.39, 0.29) is 29.1 Å². The summed E-state index contributed by atoms with van der Waals surface area (Å²) in [6.07, 6.45) is 25.6. The highest BCUT2D eigenvalue weighted by atomic mass is 16.7. The number of benzene rings is 1. The predicted molar refractivity (Wildman–Crippen MR) is 189 cm³/mol. The van der Waals surface area contributed by atoms with E-state index in [1.807, 2.05) is 0 Å². The minimum absolute atomic E-state index is 0.0156. The van der Waals surface area contributed by atoms with E-state index in [0.717, 1.165) is 38.6 Å². The number of amides is 2. The van der Waals surface area contributed by atoms with Crippen LogP contribution in [0.3, 0.4) is 0 Å². The molecule has 1 saturated heterocycles. The van der Waals surface area contributed by atoms with Crippen molar-refractivity contribution in [2.24, 2.45) is 5.92 Å². The Morgan fingerprint density at radius 1 is 0.795 bits per heavy atom. The number of hydrogen-bond donors (Lipinski definition) is 2. The molecule has 44 heavy (non-hydrogen) atoms. The fourth-order valence-corrected chi connectivity index (χ4v) is 7.20. The Morgan fingerprint density at radius 2 is 1.32 bits per heavy atom. The van der Waals surface area contributed by atoms with Gasteiger partial charge in [0.25, 0.3) is 0 Å². The lowest BCUT2D eigenvalue weighted by molar-refractivity contribution is -0.306. The number of nitrogens with zero attached hydrogens (tertiary/aromatic N) is 1. The SMILES string of the molecule is CCCCCCCCCCCCCCCCCCNC(=O)NC1CC(C)(CC)N(OCCc2ccccc2)C(C)(CC)C1C. The maximum atomic E-state index is 13.0. The molecule has 1 aromatic carbocycles. The number of carbonyl (C=O) groups is 1. The van der Waals surface area contributed by atoms with Crippen LogP contribution in [0.15, 0.2) is 30.3 Å². The van der Waals surface area contributed by atoms with E-state index in [1.54, 1.807) is 0 Å². The van der Waals surface area contributed by atoms with Crippen molar-refractivity contribution < 1.29 is 9.63 Å². The molecule has 1 aliphatic rings. The topological polar surface area (TPSA) is 53.6 Å². The van der Waals surface area contributed by atoms with Crippen LogP contribution in [0.5, 0.6) is 0 Å². The second kappa shape index (κ2) is 22.0. The molecular weight excluding hydrogens is 542 g/mol. The van der Waals surface area contributed by atoms with E-state index in [0.29, 0.717) is 6.61 Å². The summed E-state index contributed by atoms with van der Waals surface area (Å²) < 4.78 is 0. The third-order valence-electron chi connectivity index (χ3n) is 10.8. The molecule has 4 atom stereocenters. The highest BCUT2D eigenvalue weighted by molar-refractivity contribution is 5.74. The highest BCUT2D eigenvalue weighted by Gasteiger charge is 2.54. The first-order valence-corrected chi connectivity index (χ1v) is 18.8. The molecule has 1 aliphatic heterocycles. The summed E-state index contributed by atoms with van der Waals surface area (Å²) in [7, 11) is 0. The Balaban J connectivity index is 1.61. The third kappa shape index (κ3) is 13.4. The summed E-state index contributed by atoms with van der Waals surface area (Å²) in [5, 5.41) is 8.84. The van der Waals surface area contributed by atoms with Crippen LogP contribution in [0.4, 0.5) is 4.79 Å². The fourth-order valence-electron chi connectivity index (χ4n) is 7.20. The van der Waals surface area contributed by atoms with Gasteiger partial charge in [0.15, 0.2) is 0 Å². The molecule has 1 aromatic rings. The van der Waals surface area contributed by atoms with Crippen molar-refractivity contribution in [1.29, 1.82) is 0 Å². The molecule has 5 nitrogen and oxygen atoms in total. The monoisotopic (exact) mass is 614 g/mol. The Kier molecular flexibility index (Phi) is 19.3. The summed E-state index contributed by atoms with van der Waals surface area (Å²) in [6.45, 7) is 15.1. The minimum Gasteiger partial charge on any atom is -0.338 e. The number of carbonyl (C=O) groups excluding carboxylic acids is 1. The van der Waals surface area contributed by atoms with Gasteiger partial charge in [0.2, 0.25) is 0 Å². The fraction of sp³-hybridized carbons (Fsp3) is 0.821. The molecule has 0 bridgehead atoms. The van der Waals surface area contributed by atoms with Crippen molar-refractivity contribution in [3.05, 3.63) is 35.9 Å². The zero-order valence-electron chi connectivity index (χ0n) is 29.9. The Bertz CT molecular complexity index is 864. The lowest BCUT2D eigenvalue weighted by Crippen LogP contribution is -2.70. The number of rotatable bonds is 24. The molecule has 2 rings (SSSR count). The van der Waals surface area contributed by atoms with Gasteiger partial charge < -0.3 is 10.6 Å². The van der Waals surface area contributed by atoms with E-state index >= 15 is 0 Å². The number of nitrogens with one attached hydrogen (secondary N) is 2. The van der Waals surface area contributed by atoms with E-state index in [1.165, 1.54) is 102 Å². The first-order chi connectivity index (χ1) is 21.3. The van der Waals surface area contributed by atoms with Crippen LogP contribution in [0.2, 0.25) is 0 Å². The Labute approximate surface area is 273 Å². The second-order valence-corrected chi connectivity index (χ2v) is 14.2. The smallest absolute Gasteiger partial charge is 0.315 e. The second-order valence-electron chi connectivity index (χ2n) is 14.2. The molecule has 4 unspecified atom stereocenters. The lowest BCUT2D eigenvalue weighted by Gasteiger charge is -2.59. The van der Waals surface area contributed by atoms with Crippen molar-refractivity contribution in [3.8, 4) is 0 Å². The normalized spacial score (nSPS) is 24.0. The van der Waals surface area contributed by atoms with Crippen molar-refractivity contribution in [2.75, 3.05) is 13.2 Å². The predicted octanol–water partition coefficient (Wildman–Crippen LogP) is 10.8. The van der Waals surface area contributed by atoms with Crippen LogP contribution in [-0.2, 0) is 11.3 Å². The zero-order chi connectivity index (χ0) is 32.1. The van der Waals surface area contributed by atoms with Crippen LogP contribution in [0, 0.1) is 5.92 Å². The standard InChI is InChI=1S/C39H71N3O2/c1-7-10-11-12-13-14-15-16-17-18-19-20-21-22-23-27-31-40-37(43)41-36-33-38(5,8-2)42(39(6,9-3)34(36)4)44-32-30-35-28-25-24-26-29-35/h24-26,28-29,34,36H,7-23,27,30-33H2,1-6H3,(H2,40,41,43). The van der Waals surface area contributed by atoms with Gasteiger partial charge in [-0.25, -0.2) is 4.79 Å². The molecule has 2 N–H and O–H groups in total. The average molecular weight is 614 g/mol. The van der Waals surface area contributed by atoms with E-state index < -0.39 is 0 Å². The molecule has 0 spiro atoms. The van der Waals surface area contributed by atoms with Crippen LogP contribution in [-0.4, -0.2) is 41.4 Å². The first kappa shape index (κ1) is 38.6. The maximum Gasteiger partial charge on any atom is 0.315 e. The van der Waals surface area contributed by atoms with E-state index in [2.05, 4.69) is 87.6 Å². The van der Waals surface area contributed by atoms with Gasteiger partial charge in [0.05, 0.1) is 6.61 Å². The van der Waals surface area contributed by atoms with Crippen LogP contribution < -0.4 is 10.6 Å². The zero-order valence-corrected chi connectivity index (χ0v) is 29.9. The molecule has 5 heteroatoms. The van der Waals surface area contributed by atoms with Crippen LogP contribution in [0.25, 0.3) is 0 Å². The molecule has 2 amide bonds. The van der Waals surface area contributed by atoms with Crippen molar-refractivity contribution >= 4 is 6.03 Å². The van der Waals surface area contributed by atoms with Crippen molar-refractivity contribution in [3.63, 3.8) is 0 Å². The first-order valence-electron chi connectivity index (χ1n) is 18.8. The van der Waals surface area contributed by atoms with Gasteiger partial charge >= 0.3 is 6.03 Å². The van der Waals surface area contributed by atoms with Gasteiger partial charge in [-0.15, -0.1) is 0 Å². The largest absolute Gasteiger partial charge is 0.338 e. The molecule has 1 heterocycles. The van der Waals surface area contributed by atoms with Gasteiger partial charge in [-0.3, -0.25) is 4.84 Å². The molecule has 0 aliphatic carbocycles. The Hall–Kier alpha value is -1.59. The highest BCUT2D eigenvalue weighted by Crippen LogP contribution is 2.45. The molecule has 254 valence electrons. The van der Waals surface area contributed by atoms with Gasteiger partial charge in [0, 0.05) is 23.7 Å². The van der Waals surface area contributed by atoms with Gasteiger partial charge in [-0.05, 0) is 57.4 Å². The minimum atomic E-state index is -0.161. The maximum absolute atomic E-state index is 13.0. The quantitative estimate of drug-likeness (QED) is 0.114. The summed E-state index contributed by atoms with van der Waals surface area (Å²) >= 11 is 0. The van der Waals surface area contributed by atoms with Crippen molar-refractivity contribution in [2.45, 2.75) is 187 Å². The van der Waals surface area contributed by atoms with E-state index in [4.69, 9.17) is 4.84 Å². The van der Waals surface area contributed by atoms with Gasteiger partial charge in [-0.1, -0.05) is 154 Å². The van der Waals surface area contributed by atoms with Crippen LogP contribution in [0.1, 0.15) is 169 Å². The average Bonchev–Trinajstić information content (AvgIpc) is 3.03. The lowest BCUT2D eigenvalue weighted by atomic mass is 9.68. The number of piperidine rings is 1. The summed E-state index contributed by atoms with van der Waals surface area (Å²) in [5.74, 6) is 0.269. The summed E-state index contributed by atoms with van der Waals surface area (Å²) in [4.78, 5) is 19.6. The van der Waals surface area contributed by atoms with Gasteiger partial charge in [-0.2, -0.15) is 5.06 Å². The molecule has 0 saturated carbocycles. The number of urea groups is 1. The van der Waals surface area contributed by atoms with Crippen molar-refractivity contribution in [1.82, 2.24) is 15.7 Å². The van der Waals surface area contributed by atoms with E-state index in [9.17, 15) is 4.79 Å². The number of hydroxylamine groups is 2. The molecule has 0 radical (unpaired) electrons. The summed E-state index contributed by atoms with van der Waals surface area (Å²) in [5.41, 5.74) is 1.00. The molecule has 1 fully saturated rings. The Morgan fingerprint density at radius 3 is 1.82 bits per heavy atom. The third-order valence-corrected chi connectivity index (χ3v) is 10.8. The van der Waals surface area contributed by atoms with Gasteiger partial charge in [0.1, 0.15) is 0 Å². The number of hydrogen-bond acceptors (Lipinski definition) is 3.